The van der Waals surface area contributed by atoms with Crippen LogP contribution in [0.15, 0.2) is 194 Å². The molecule has 0 radical (unpaired) electrons. The van der Waals surface area contributed by atoms with Gasteiger partial charge < -0.3 is 4.74 Å². The molecule has 7 aromatic carbocycles. The zero-order valence-corrected chi connectivity index (χ0v) is 30.2. The molecule has 0 bridgehead atoms. The number of pyridine rings is 1. The van der Waals surface area contributed by atoms with Crippen LogP contribution >= 0.6 is 0 Å². The van der Waals surface area contributed by atoms with E-state index in [4.69, 9.17) is 24.7 Å². The molecule has 0 saturated carbocycles. The third kappa shape index (κ3) is 5.02. The first-order chi connectivity index (χ1) is 27.7. The second kappa shape index (κ2) is 12.8. The maximum Gasteiger partial charge on any atom is 0.164 e. The zero-order valence-electron chi connectivity index (χ0n) is 30.2. The molecule has 0 saturated heterocycles. The quantitative estimate of drug-likeness (QED) is 0.177. The number of hydrogen-bond acceptors (Lipinski definition) is 5. The lowest BCUT2D eigenvalue weighted by Crippen LogP contribution is -2.32. The highest BCUT2D eigenvalue weighted by Gasteiger charge is 2.51. The number of ether oxygens (including phenoxy) is 1. The first-order valence-electron chi connectivity index (χ1n) is 18.8. The number of fused-ring (bicyclic) bond motifs is 9. The van der Waals surface area contributed by atoms with Gasteiger partial charge in [-0.05, 0) is 75.8 Å². The molecule has 0 unspecified atom stereocenters. The van der Waals surface area contributed by atoms with Gasteiger partial charge in [-0.1, -0.05) is 146 Å². The number of benzene rings is 7. The molecule has 2 aliphatic rings. The monoisotopic (exact) mass is 716 g/mol. The maximum atomic E-state index is 6.58. The van der Waals surface area contributed by atoms with E-state index in [2.05, 4.69) is 115 Å². The summed E-state index contributed by atoms with van der Waals surface area (Å²) in [6.07, 6.45) is 1.85. The summed E-state index contributed by atoms with van der Waals surface area (Å²) in [5, 5.41) is 0. The van der Waals surface area contributed by atoms with Crippen molar-refractivity contribution in [1.29, 1.82) is 0 Å². The van der Waals surface area contributed by atoms with Crippen molar-refractivity contribution < 1.29 is 4.74 Å². The summed E-state index contributed by atoms with van der Waals surface area (Å²) in [7, 11) is 0. The minimum absolute atomic E-state index is 0.564. The van der Waals surface area contributed by atoms with Gasteiger partial charge in [-0.15, -0.1) is 0 Å². The van der Waals surface area contributed by atoms with Gasteiger partial charge in [-0.2, -0.15) is 0 Å². The summed E-state index contributed by atoms with van der Waals surface area (Å²) >= 11 is 0. The number of para-hydroxylation sites is 2. The van der Waals surface area contributed by atoms with E-state index in [1.807, 2.05) is 79.0 Å². The van der Waals surface area contributed by atoms with Gasteiger partial charge in [0.15, 0.2) is 17.5 Å². The third-order valence-corrected chi connectivity index (χ3v) is 11.1. The lowest BCUT2D eigenvalue weighted by molar-refractivity contribution is 0.436. The predicted octanol–water partition coefficient (Wildman–Crippen LogP) is 12.1. The smallest absolute Gasteiger partial charge is 0.164 e. The van der Waals surface area contributed by atoms with E-state index < -0.39 is 5.41 Å². The zero-order chi connectivity index (χ0) is 37.1. The molecule has 5 heteroatoms. The first-order valence-corrected chi connectivity index (χ1v) is 18.8. The van der Waals surface area contributed by atoms with Crippen molar-refractivity contribution in [2.24, 2.45) is 0 Å². The van der Waals surface area contributed by atoms with Crippen molar-refractivity contribution in [3.05, 3.63) is 217 Å². The Balaban J connectivity index is 1.10. The van der Waals surface area contributed by atoms with E-state index in [-0.39, 0.29) is 0 Å². The summed E-state index contributed by atoms with van der Waals surface area (Å²) < 4.78 is 6.58. The molecular weight excluding hydrogens is 685 g/mol. The molecule has 2 aromatic heterocycles. The number of aromatic nitrogens is 4. The van der Waals surface area contributed by atoms with E-state index in [0.717, 1.165) is 61.7 Å². The van der Waals surface area contributed by atoms with Crippen LogP contribution in [-0.2, 0) is 5.41 Å². The van der Waals surface area contributed by atoms with Crippen LogP contribution in [-0.4, -0.2) is 19.9 Å². The Labute approximate surface area is 324 Å². The fraction of sp³-hybridized carbons (Fsp3) is 0.0196. The van der Waals surface area contributed by atoms with Crippen LogP contribution in [0.4, 0.5) is 0 Å². The minimum Gasteiger partial charge on any atom is -0.457 e. The molecule has 9 aromatic rings. The predicted molar refractivity (Wildman–Crippen MR) is 222 cm³/mol. The van der Waals surface area contributed by atoms with Gasteiger partial charge >= 0.3 is 0 Å². The van der Waals surface area contributed by atoms with E-state index in [1.165, 1.54) is 22.3 Å². The molecule has 1 spiro atoms. The Hall–Kier alpha value is -7.50. The fourth-order valence-corrected chi connectivity index (χ4v) is 8.56. The van der Waals surface area contributed by atoms with Crippen LogP contribution in [0.5, 0.6) is 11.5 Å². The van der Waals surface area contributed by atoms with Gasteiger partial charge in [0.05, 0.1) is 11.1 Å². The van der Waals surface area contributed by atoms with Crippen LogP contribution in [0.3, 0.4) is 0 Å². The van der Waals surface area contributed by atoms with E-state index in [0.29, 0.717) is 17.5 Å². The van der Waals surface area contributed by atoms with Gasteiger partial charge in [0.1, 0.15) is 11.5 Å². The SMILES string of the molecule is c1ccc(-c2nc(-c3ccccc3)nc(-c3cccc(-c4ccc5c(c4)-c4cc(-c6ccccn6)ccc4C54c5ccccc5Oc5ccccc54)c3)n2)cc1. The molecule has 0 fully saturated rings. The van der Waals surface area contributed by atoms with E-state index >= 15 is 0 Å². The summed E-state index contributed by atoms with van der Waals surface area (Å²) in [4.78, 5) is 19.7. The van der Waals surface area contributed by atoms with Crippen LogP contribution in [0.2, 0.25) is 0 Å². The highest BCUT2D eigenvalue weighted by atomic mass is 16.5. The number of hydrogen-bond donors (Lipinski definition) is 0. The standard InChI is InChI=1S/C51H32N4O/c1-3-14-33(15-4-1)48-53-49(34-16-5-2-6-17-34)55-50(54-48)38-19-13-18-35(30-38)36-25-27-41-39(31-36)40-32-37(45-22-11-12-29-52-45)26-28-42(40)51(41)43-20-7-9-23-46(43)56-47-24-10-8-21-44(47)51/h1-32H. The Morgan fingerprint density at radius 1 is 0.339 bits per heavy atom. The molecule has 1 aliphatic heterocycles. The average molecular weight is 717 g/mol. The summed E-state index contributed by atoms with van der Waals surface area (Å²) in [6.45, 7) is 0. The minimum atomic E-state index is -0.564. The summed E-state index contributed by atoms with van der Waals surface area (Å²) in [5.74, 6) is 3.65. The maximum absolute atomic E-state index is 6.58. The second-order valence-electron chi connectivity index (χ2n) is 14.2. The molecule has 11 rings (SSSR count). The second-order valence-corrected chi connectivity index (χ2v) is 14.2. The van der Waals surface area contributed by atoms with Crippen LogP contribution in [0.25, 0.3) is 67.7 Å². The van der Waals surface area contributed by atoms with Gasteiger partial charge in [0, 0.05) is 39.6 Å². The summed E-state index contributed by atoms with van der Waals surface area (Å²) in [5.41, 5.74) is 13.5. The fourth-order valence-electron chi connectivity index (χ4n) is 8.56. The Morgan fingerprint density at radius 2 is 0.821 bits per heavy atom. The van der Waals surface area contributed by atoms with E-state index in [9.17, 15) is 0 Å². The lowest BCUT2D eigenvalue weighted by atomic mass is 9.66. The number of rotatable bonds is 5. The largest absolute Gasteiger partial charge is 0.457 e. The highest BCUT2D eigenvalue weighted by molar-refractivity contribution is 5.92. The van der Waals surface area contributed by atoms with Crippen LogP contribution in [0, 0.1) is 0 Å². The molecule has 3 heterocycles. The van der Waals surface area contributed by atoms with Crippen molar-refractivity contribution in [1.82, 2.24) is 19.9 Å². The molecule has 262 valence electrons. The Morgan fingerprint density at radius 3 is 1.43 bits per heavy atom. The third-order valence-electron chi connectivity index (χ3n) is 11.1. The van der Waals surface area contributed by atoms with Crippen molar-refractivity contribution in [3.63, 3.8) is 0 Å². The van der Waals surface area contributed by atoms with Crippen molar-refractivity contribution >= 4 is 0 Å². The molecular formula is C51H32N4O. The van der Waals surface area contributed by atoms with Gasteiger partial charge in [0.2, 0.25) is 0 Å². The van der Waals surface area contributed by atoms with Gasteiger partial charge in [-0.25, -0.2) is 15.0 Å². The van der Waals surface area contributed by atoms with Crippen molar-refractivity contribution in [2.75, 3.05) is 0 Å². The Bertz CT molecular complexity index is 2840. The molecule has 0 atom stereocenters. The molecule has 56 heavy (non-hydrogen) atoms. The molecule has 5 nitrogen and oxygen atoms in total. The van der Waals surface area contributed by atoms with Crippen molar-refractivity contribution in [2.45, 2.75) is 5.41 Å². The van der Waals surface area contributed by atoms with Crippen molar-refractivity contribution in [3.8, 4) is 79.2 Å². The Kier molecular flexibility index (Phi) is 7.32. The van der Waals surface area contributed by atoms with Crippen LogP contribution in [0.1, 0.15) is 22.3 Å². The highest BCUT2D eigenvalue weighted by Crippen LogP contribution is 2.62. The number of nitrogens with zero attached hydrogens (tertiary/aromatic N) is 4. The lowest BCUT2D eigenvalue weighted by Gasteiger charge is -2.39. The molecule has 0 amide bonds. The van der Waals surface area contributed by atoms with E-state index in [1.54, 1.807) is 0 Å². The molecule has 1 aliphatic carbocycles. The molecule has 0 N–H and O–H groups in total. The summed E-state index contributed by atoms with van der Waals surface area (Å²) in [6, 6.07) is 65.5. The first kappa shape index (κ1) is 32.0. The van der Waals surface area contributed by atoms with Crippen LogP contribution < -0.4 is 4.74 Å². The normalized spacial score (nSPS) is 12.9. The average Bonchev–Trinajstić information content (AvgIpc) is 3.56. The van der Waals surface area contributed by atoms with Gasteiger partial charge in [-0.3, -0.25) is 4.98 Å². The topological polar surface area (TPSA) is 60.8 Å². The van der Waals surface area contributed by atoms with Gasteiger partial charge in [0.25, 0.3) is 0 Å².